The number of aliphatic hydroxyl groups excluding tert-OH is 1. The smallest absolute Gasteiger partial charge is 0.165 e. The van der Waals surface area contributed by atoms with E-state index in [1.165, 1.54) is 27.8 Å². The SMILES string of the molecule is Cc1ccc(C2=CC3c4ccccc4[C@](C)(OC(C)CC(C)O)N3C=C2)cc1. The number of nitrogens with zero attached hydrogens (tertiary/aromatic N) is 1. The van der Waals surface area contributed by atoms with Gasteiger partial charge in [0.25, 0.3) is 0 Å². The highest BCUT2D eigenvalue weighted by atomic mass is 16.5. The summed E-state index contributed by atoms with van der Waals surface area (Å²) in [6.07, 6.45) is 6.86. The highest BCUT2D eigenvalue weighted by Crippen LogP contribution is 2.50. The van der Waals surface area contributed by atoms with E-state index < -0.39 is 5.72 Å². The van der Waals surface area contributed by atoms with Crippen molar-refractivity contribution in [1.29, 1.82) is 0 Å². The summed E-state index contributed by atoms with van der Waals surface area (Å²) in [5, 5.41) is 9.77. The molecule has 2 aliphatic heterocycles. The van der Waals surface area contributed by atoms with Crippen molar-refractivity contribution in [2.45, 2.75) is 58.1 Å². The van der Waals surface area contributed by atoms with Crippen molar-refractivity contribution in [3.63, 3.8) is 0 Å². The van der Waals surface area contributed by atoms with Crippen LogP contribution in [0.1, 0.15) is 55.5 Å². The molecule has 3 nitrogen and oxygen atoms in total. The first-order valence-corrected chi connectivity index (χ1v) is 10.1. The van der Waals surface area contributed by atoms with Gasteiger partial charge in [-0.2, -0.15) is 0 Å². The molecule has 2 aliphatic rings. The third kappa shape index (κ3) is 3.30. The average molecular weight is 376 g/mol. The molecule has 0 bridgehead atoms. The zero-order valence-corrected chi connectivity index (χ0v) is 17.1. The van der Waals surface area contributed by atoms with Crippen molar-refractivity contribution in [2.75, 3.05) is 0 Å². The molecule has 4 rings (SSSR count). The van der Waals surface area contributed by atoms with E-state index in [-0.39, 0.29) is 18.2 Å². The zero-order chi connectivity index (χ0) is 19.9. The van der Waals surface area contributed by atoms with Gasteiger partial charge in [-0.25, -0.2) is 0 Å². The zero-order valence-electron chi connectivity index (χ0n) is 17.1. The van der Waals surface area contributed by atoms with Crippen LogP contribution in [0.2, 0.25) is 0 Å². The van der Waals surface area contributed by atoms with Crippen molar-refractivity contribution < 1.29 is 9.84 Å². The number of ether oxygens (including phenoxy) is 1. The first kappa shape index (κ1) is 19.0. The molecule has 4 atom stereocenters. The normalized spacial score (nSPS) is 25.1. The molecule has 2 heterocycles. The largest absolute Gasteiger partial charge is 0.393 e. The average Bonchev–Trinajstić information content (AvgIpc) is 2.90. The Morgan fingerprint density at radius 1 is 1.11 bits per heavy atom. The van der Waals surface area contributed by atoms with E-state index >= 15 is 0 Å². The number of rotatable bonds is 5. The molecule has 3 unspecified atom stereocenters. The molecular formula is C25H29NO2. The van der Waals surface area contributed by atoms with Gasteiger partial charge in [-0.3, -0.25) is 0 Å². The molecule has 0 amide bonds. The molecule has 2 aromatic rings. The third-order valence-electron chi connectivity index (χ3n) is 5.81. The molecule has 0 aliphatic carbocycles. The van der Waals surface area contributed by atoms with E-state index in [0.717, 1.165) is 0 Å². The summed E-state index contributed by atoms with van der Waals surface area (Å²) in [5.74, 6) is 0. The van der Waals surface area contributed by atoms with Crippen LogP contribution in [-0.4, -0.2) is 22.2 Å². The first-order chi connectivity index (χ1) is 13.4. The van der Waals surface area contributed by atoms with Gasteiger partial charge in [0.1, 0.15) is 0 Å². The van der Waals surface area contributed by atoms with Gasteiger partial charge < -0.3 is 14.7 Å². The van der Waals surface area contributed by atoms with Crippen LogP contribution in [0.15, 0.2) is 66.9 Å². The Morgan fingerprint density at radius 2 is 1.82 bits per heavy atom. The Labute approximate surface area is 168 Å². The lowest BCUT2D eigenvalue weighted by Crippen LogP contribution is -2.42. The minimum Gasteiger partial charge on any atom is -0.393 e. The van der Waals surface area contributed by atoms with Crippen molar-refractivity contribution in [1.82, 2.24) is 4.90 Å². The second-order valence-electron chi connectivity index (χ2n) is 8.24. The van der Waals surface area contributed by atoms with Crippen LogP contribution in [0, 0.1) is 6.92 Å². The Morgan fingerprint density at radius 3 is 2.54 bits per heavy atom. The van der Waals surface area contributed by atoms with E-state index in [1.54, 1.807) is 0 Å². The Kier molecular flexibility index (Phi) is 4.90. The lowest BCUT2D eigenvalue weighted by molar-refractivity contribution is -0.166. The second kappa shape index (κ2) is 7.23. The summed E-state index contributed by atoms with van der Waals surface area (Å²) in [6, 6.07) is 17.4. The maximum absolute atomic E-state index is 9.77. The molecule has 1 N–H and O–H groups in total. The molecule has 146 valence electrons. The fraction of sp³-hybridized carbons (Fsp3) is 0.360. The molecule has 0 saturated heterocycles. The number of fused-ring (bicyclic) bond motifs is 3. The minimum absolute atomic E-state index is 0.0484. The molecule has 0 saturated carbocycles. The highest BCUT2D eigenvalue weighted by Gasteiger charge is 2.47. The number of hydrogen-bond acceptors (Lipinski definition) is 3. The van der Waals surface area contributed by atoms with E-state index in [4.69, 9.17) is 4.74 Å². The van der Waals surface area contributed by atoms with Crippen molar-refractivity contribution in [3.8, 4) is 0 Å². The van der Waals surface area contributed by atoms with Gasteiger partial charge >= 0.3 is 0 Å². The molecule has 0 fully saturated rings. The number of benzene rings is 2. The predicted octanol–water partition coefficient (Wildman–Crippen LogP) is 5.31. The van der Waals surface area contributed by atoms with Crippen LogP contribution in [0.5, 0.6) is 0 Å². The summed E-state index contributed by atoms with van der Waals surface area (Å²) >= 11 is 0. The van der Waals surface area contributed by atoms with Gasteiger partial charge in [0.15, 0.2) is 5.72 Å². The minimum atomic E-state index is -0.554. The summed E-state index contributed by atoms with van der Waals surface area (Å²) in [7, 11) is 0. The van der Waals surface area contributed by atoms with E-state index in [1.807, 2.05) is 13.8 Å². The summed E-state index contributed by atoms with van der Waals surface area (Å²) in [6.45, 7) is 8.10. The van der Waals surface area contributed by atoms with Gasteiger partial charge in [-0.1, -0.05) is 54.1 Å². The Hall–Kier alpha value is -2.36. The van der Waals surface area contributed by atoms with Crippen LogP contribution in [0.3, 0.4) is 0 Å². The van der Waals surface area contributed by atoms with Crippen molar-refractivity contribution in [2.24, 2.45) is 0 Å². The topological polar surface area (TPSA) is 32.7 Å². The van der Waals surface area contributed by atoms with Crippen LogP contribution < -0.4 is 0 Å². The van der Waals surface area contributed by atoms with Crippen molar-refractivity contribution in [3.05, 3.63) is 89.1 Å². The first-order valence-electron chi connectivity index (χ1n) is 10.1. The number of aliphatic hydroxyl groups is 1. The Bertz CT molecular complexity index is 912. The monoisotopic (exact) mass is 375 g/mol. The predicted molar refractivity (Wildman–Crippen MR) is 114 cm³/mol. The quantitative estimate of drug-likeness (QED) is 0.768. The number of aryl methyl sites for hydroxylation is 1. The molecule has 28 heavy (non-hydrogen) atoms. The van der Waals surface area contributed by atoms with Gasteiger partial charge in [0.2, 0.25) is 0 Å². The highest BCUT2D eigenvalue weighted by molar-refractivity contribution is 5.76. The van der Waals surface area contributed by atoms with Crippen LogP contribution >= 0.6 is 0 Å². The molecular weight excluding hydrogens is 346 g/mol. The molecule has 2 aromatic carbocycles. The lowest BCUT2D eigenvalue weighted by atomic mass is 9.96. The summed E-state index contributed by atoms with van der Waals surface area (Å²) in [4.78, 5) is 2.30. The maximum Gasteiger partial charge on any atom is 0.165 e. The summed E-state index contributed by atoms with van der Waals surface area (Å²) < 4.78 is 6.55. The lowest BCUT2D eigenvalue weighted by Gasteiger charge is -2.41. The van der Waals surface area contributed by atoms with E-state index in [0.29, 0.717) is 6.42 Å². The molecule has 3 heteroatoms. The second-order valence-corrected chi connectivity index (χ2v) is 8.24. The van der Waals surface area contributed by atoms with Gasteiger partial charge in [0, 0.05) is 11.8 Å². The van der Waals surface area contributed by atoms with Crippen LogP contribution in [0.4, 0.5) is 0 Å². The summed E-state index contributed by atoms with van der Waals surface area (Å²) in [5.41, 5.74) is 5.66. The number of hydrogen-bond donors (Lipinski definition) is 1. The Balaban J connectivity index is 1.71. The fourth-order valence-electron chi connectivity index (χ4n) is 4.51. The molecule has 0 radical (unpaired) electrons. The molecule has 0 aromatic heterocycles. The van der Waals surface area contributed by atoms with Gasteiger partial charge in [-0.05, 0) is 63.0 Å². The fourth-order valence-corrected chi connectivity index (χ4v) is 4.51. The van der Waals surface area contributed by atoms with Gasteiger partial charge in [0.05, 0.1) is 18.2 Å². The van der Waals surface area contributed by atoms with Crippen LogP contribution in [-0.2, 0) is 10.5 Å². The van der Waals surface area contributed by atoms with Crippen molar-refractivity contribution >= 4 is 5.57 Å². The van der Waals surface area contributed by atoms with E-state index in [2.05, 4.69) is 85.6 Å². The third-order valence-corrected chi connectivity index (χ3v) is 5.81. The standard InChI is InChI=1S/C25H29NO2/c1-17-9-11-20(12-10-17)21-13-14-26-24(16-21)22-7-5-6-8-23(22)25(26,4)28-19(3)15-18(2)27/h5-14,16,18-19,24,27H,15H2,1-4H3/t18?,19?,24?,25-/m0/s1. The van der Waals surface area contributed by atoms with Crippen LogP contribution in [0.25, 0.3) is 5.57 Å². The van der Waals surface area contributed by atoms with E-state index in [9.17, 15) is 5.11 Å². The maximum atomic E-state index is 9.77. The molecule has 0 spiro atoms. The number of allylic oxidation sites excluding steroid dienone is 2. The van der Waals surface area contributed by atoms with Gasteiger partial charge in [-0.15, -0.1) is 0 Å².